The number of anilines is 1. The minimum absolute atomic E-state index is 0.253. The summed E-state index contributed by atoms with van der Waals surface area (Å²) in [4.78, 5) is 13.0. The van der Waals surface area contributed by atoms with Crippen molar-refractivity contribution in [2.75, 3.05) is 11.9 Å². The molecule has 1 aromatic carbocycles. The Balaban J connectivity index is 2.26. The number of hydrogen-bond donors (Lipinski definition) is 0. The molecular weight excluding hydrogens is 306 g/mol. The van der Waals surface area contributed by atoms with Gasteiger partial charge in [0.2, 0.25) is 0 Å². The molecule has 0 radical (unpaired) electrons. The number of para-hydroxylation sites is 1. The van der Waals surface area contributed by atoms with Gasteiger partial charge in [-0.1, -0.05) is 56.4 Å². The van der Waals surface area contributed by atoms with Crippen molar-refractivity contribution in [3.05, 3.63) is 59.7 Å². The largest absolute Gasteiger partial charge is 0.367 e. The summed E-state index contributed by atoms with van der Waals surface area (Å²) in [6.45, 7) is 13.3. The van der Waals surface area contributed by atoms with E-state index in [4.69, 9.17) is 0 Å². The molecular formula is C23H31NO. The smallest absolute Gasteiger partial charge is 0.120 e. The van der Waals surface area contributed by atoms with Gasteiger partial charge in [-0.05, 0) is 49.3 Å². The van der Waals surface area contributed by atoms with Crippen molar-refractivity contribution in [1.29, 1.82) is 0 Å². The Labute approximate surface area is 152 Å². The molecule has 134 valence electrons. The van der Waals surface area contributed by atoms with E-state index in [0.29, 0.717) is 12.8 Å². The van der Waals surface area contributed by atoms with Gasteiger partial charge in [-0.3, -0.25) is 0 Å². The molecule has 0 bridgehead atoms. The number of hydrogen-bond acceptors (Lipinski definition) is 2. The molecule has 1 atom stereocenters. The maximum Gasteiger partial charge on any atom is 0.120 e. The quantitative estimate of drug-likeness (QED) is 0.585. The average molecular weight is 338 g/mol. The summed E-state index contributed by atoms with van der Waals surface area (Å²) in [5, 5.41) is 0. The summed E-state index contributed by atoms with van der Waals surface area (Å²) >= 11 is 0. The predicted octanol–water partition coefficient (Wildman–Crippen LogP) is 5.81. The minimum Gasteiger partial charge on any atom is -0.367 e. The van der Waals surface area contributed by atoms with E-state index < -0.39 is 0 Å². The number of carbonyl (C=O) groups is 1. The molecule has 0 spiro atoms. The molecule has 0 aliphatic heterocycles. The number of likely N-dealkylation sites (N-methyl/N-ethyl adjacent to an activating group) is 1. The van der Waals surface area contributed by atoms with Crippen LogP contribution in [0.2, 0.25) is 0 Å². The average Bonchev–Trinajstić information content (AvgIpc) is 2.60. The summed E-state index contributed by atoms with van der Waals surface area (Å²) in [5.74, 6) is 0. The fraction of sp³-hybridized carbons (Fsp3) is 0.435. The maximum absolute atomic E-state index is 10.7. The van der Waals surface area contributed by atoms with Gasteiger partial charge < -0.3 is 9.69 Å². The monoisotopic (exact) mass is 337 g/mol. The molecule has 0 amide bonds. The molecule has 0 aromatic heterocycles. The van der Waals surface area contributed by atoms with Gasteiger partial charge in [0.05, 0.1) is 6.04 Å². The van der Waals surface area contributed by atoms with E-state index in [1.54, 1.807) is 0 Å². The Morgan fingerprint density at radius 3 is 2.68 bits per heavy atom. The van der Waals surface area contributed by atoms with Crippen LogP contribution in [0.15, 0.2) is 54.1 Å². The van der Waals surface area contributed by atoms with Gasteiger partial charge in [0.1, 0.15) is 6.29 Å². The van der Waals surface area contributed by atoms with Gasteiger partial charge in [0.25, 0.3) is 0 Å². The zero-order valence-corrected chi connectivity index (χ0v) is 16.3. The molecule has 2 rings (SSSR count). The third kappa shape index (κ3) is 4.31. The topological polar surface area (TPSA) is 20.3 Å². The summed E-state index contributed by atoms with van der Waals surface area (Å²) in [6.07, 6.45) is 7.98. The van der Waals surface area contributed by atoms with Crippen molar-refractivity contribution in [2.45, 2.75) is 53.0 Å². The summed E-state index contributed by atoms with van der Waals surface area (Å²) in [7, 11) is 2.14. The zero-order valence-electron chi connectivity index (χ0n) is 16.3. The van der Waals surface area contributed by atoms with E-state index in [-0.39, 0.29) is 11.5 Å². The lowest BCUT2D eigenvalue weighted by molar-refractivity contribution is -0.107. The van der Waals surface area contributed by atoms with Gasteiger partial charge >= 0.3 is 0 Å². The molecule has 2 nitrogen and oxygen atoms in total. The number of benzene rings is 1. The highest BCUT2D eigenvalue weighted by atomic mass is 16.1. The number of rotatable bonds is 7. The van der Waals surface area contributed by atoms with E-state index >= 15 is 0 Å². The molecule has 0 N–H and O–H groups in total. The van der Waals surface area contributed by atoms with Gasteiger partial charge in [-0.2, -0.15) is 0 Å². The normalized spacial score (nSPS) is 17.3. The van der Waals surface area contributed by atoms with Crippen LogP contribution in [0.25, 0.3) is 5.57 Å². The zero-order chi connectivity index (χ0) is 18.6. The van der Waals surface area contributed by atoms with E-state index in [9.17, 15) is 4.79 Å². The lowest BCUT2D eigenvalue weighted by Gasteiger charge is -2.35. The lowest BCUT2D eigenvalue weighted by Crippen LogP contribution is -2.32. The molecule has 1 aromatic rings. The first kappa shape index (κ1) is 19.2. The third-order valence-electron chi connectivity index (χ3n) is 5.59. The Morgan fingerprint density at radius 2 is 2.04 bits per heavy atom. The first-order chi connectivity index (χ1) is 11.8. The molecule has 25 heavy (non-hydrogen) atoms. The molecule has 1 aliphatic rings. The SMILES string of the molecule is C=C(CCC=O)c1ccccc1N(C)C(C)C1=CCC(C)(C)C(C)=C1. The van der Waals surface area contributed by atoms with Gasteiger partial charge in [-0.15, -0.1) is 0 Å². The van der Waals surface area contributed by atoms with Crippen LogP contribution in [0, 0.1) is 5.41 Å². The minimum atomic E-state index is 0.253. The first-order valence-electron chi connectivity index (χ1n) is 9.10. The van der Waals surface area contributed by atoms with E-state index in [0.717, 1.165) is 23.8 Å². The second-order valence-electron chi connectivity index (χ2n) is 7.73. The van der Waals surface area contributed by atoms with Crippen molar-refractivity contribution < 1.29 is 4.79 Å². The summed E-state index contributed by atoms with van der Waals surface area (Å²) in [5.41, 5.74) is 6.38. The van der Waals surface area contributed by atoms with Gasteiger partial charge in [0.15, 0.2) is 0 Å². The van der Waals surface area contributed by atoms with Crippen molar-refractivity contribution in [3.63, 3.8) is 0 Å². The number of carbonyl (C=O) groups excluding carboxylic acids is 1. The van der Waals surface area contributed by atoms with Crippen LogP contribution in [-0.4, -0.2) is 19.4 Å². The highest BCUT2D eigenvalue weighted by molar-refractivity contribution is 5.77. The van der Waals surface area contributed by atoms with E-state index in [1.807, 2.05) is 6.07 Å². The molecule has 0 fully saturated rings. The Morgan fingerprint density at radius 1 is 1.36 bits per heavy atom. The third-order valence-corrected chi connectivity index (χ3v) is 5.59. The predicted molar refractivity (Wildman–Crippen MR) is 109 cm³/mol. The number of allylic oxidation sites excluding steroid dienone is 3. The van der Waals surface area contributed by atoms with Crippen LogP contribution in [0.4, 0.5) is 5.69 Å². The molecule has 0 saturated carbocycles. The van der Waals surface area contributed by atoms with Crippen LogP contribution in [0.5, 0.6) is 0 Å². The Kier molecular flexibility index (Phi) is 6.05. The second kappa shape index (κ2) is 7.86. The first-order valence-corrected chi connectivity index (χ1v) is 9.10. The Hall–Kier alpha value is -2.09. The molecule has 2 heteroatoms. The summed E-state index contributed by atoms with van der Waals surface area (Å²) in [6, 6.07) is 8.63. The standard InChI is InChI=1S/C23H31NO/c1-17(10-9-15-25)21-11-7-8-12-22(21)24(6)19(3)20-13-14-23(4,5)18(2)16-20/h7-8,11-13,15-16,19H,1,9-10,14H2,2-6H3. The fourth-order valence-electron chi connectivity index (χ4n) is 3.21. The van der Waals surface area contributed by atoms with E-state index in [1.165, 1.54) is 16.8 Å². The van der Waals surface area contributed by atoms with Crippen LogP contribution >= 0.6 is 0 Å². The highest BCUT2D eigenvalue weighted by Crippen LogP contribution is 2.37. The van der Waals surface area contributed by atoms with E-state index in [2.05, 4.69) is 76.6 Å². The molecule has 1 unspecified atom stereocenters. The van der Waals surface area contributed by atoms with Crippen LogP contribution < -0.4 is 4.90 Å². The lowest BCUT2D eigenvalue weighted by atomic mass is 9.76. The number of aldehydes is 1. The molecule has 1 aliphatic carbocycles. The van der Waals surface area contributed by atoms with Gasteiger partial charge in [-0.25, -0.2) is 0 Å². The van der Waals surface area contributed by atoms with Gasteiger partial charge in [0, 0.05) is 24.7 Å². The number of nitrogens with zero attached hydrogens (tertiary/aromatic N) is 1. The van der Waals surface area contributed by atoms with Crippen molar-refractivity contribution in [3.8, 4) is 0 Å². The van der Waals surface area contributed by atoms with Crippen LogP contribution in [-0.2, 0) is 4.79 Å². The molecule has 0 heterocycles. The fourth-order valence-corrected chi connectivity index (χ4v) is 3.21. The van der Waals surface area contributed by atoms with Crippen molar-refractivity contribution >= 4 is 17.5 Å². The highest BCUT2D eigenvalue weighted by Gasteiger charge is 2.25. The van der Waals surface area contributed by atoms with Crippen molar-refractivity contribution in [2.24, 2.45) is 5.41 Å². The maximum atomic E-state index is 10.7. The second-order valence-corrected chi connectivity index (χ2v) is 7.73. The van der Waals surface area contributed by atoms with Crippen molar-refractivity contribution in [1.82, 2.24) is 0 Å². The van der Waals surface area contributed by atoms with Crippen LogP contribution in [0.3, 0.4) is 0 Å². The van der Waals surface area contributed by atoms with Crippen LogP contribution in [0.1, 0.15) is 52.5 Å². The Bertz CT molecular complexity index is 709. The molecule has 0 saturated heterocycles. The summed E-state index contributed by atoms with van der Waals surface area (Å²) < 4.78 is 0.